The van der Waals surface area contributed by atoms with Crippen LogP contribution in [0.3, 0.4) is 0 Å². The van der Waals surface area contributed by atoms with Gasteiger partial charge < -0.3 is 5.73 Å². The molecule has 1 aromatic carbocycles. The van der Waals surface area contributed by atoms with Crippen LogP contribution in [0.4, 0.5) is 4.39 Å². The number of likely N-dealkylation sites (tertiary alicyclic amines) is 1. The summed E-state index contributed by atoms with van der Waals surface area (Å²) >= 11 is 3.53. The Balaban J connectivity index is 2.21. The van der Waals surface area contributed by atoms with E-state index in [4.69, 9.17) is 5.73 Å². The summed E-state index contributed by atoms with van der Waals surface area (Å²) in [6.45, 7) is 7.23. The lowest BCUT2D eigenvalue weighted by atomic mass is 9.85. The van der Waals surface area contributed by atoms with Crippen LogP contribution < -0.4 is 5.73 Å². The van der Waals surface area contributed by atoms with E-state index in [0.717, 1.165) is 29.5 Å². The van der Waals surface area contributed by atoms with Crippen LogP contribution in [0.5, 0.6) is 0 Å². The molecule has 1 aromatic rings. The van der Waals surface area contributed by atoms with E-state index in [9.17, 15) is 4.39 Å². The van der Waals surface area contributed by atoms with Gasteiger partial charge in [-0.25, -0.2) is 4.39 Å². The van der Waals surface area contributed by atoms with Crippen LogP contribution in [0.1, 0.15) is 44.7 Å². The number of hydrogen-bond donors (Lipinski definition) is 1. The molecule has 1 heterocycles. The molecule has 0 aliphatic carbocycles. The van der Waals surface area contributed by atoms with Crippen molar-refractivity contribution in [3.63, 3.8) is 0 Å². The number of halogens is 2. The Hall–Kier alpha value is -0.450. The van der Waals surface area contributed by atoms with E-state index in [-0.39, 0.29) is 11.9 Å². The first-order valence-corrected chi connectivity index (χ1v) is 8.11. The van der Waals surface area contributed by atoms with Crippen molar-refractivity contribution in [3.05, 3.63) is 34.1 Å². The van der Waals surface area contributed by atoms with E-state index in [1.165, 1.54) is 18.9 Å². The van der Waals surface area contributed by atoms with E-state index in [2.05, 4.69) is 34.7 Å². The predicted octanol–water partition coefficient (Wildman–Crippen LogP) is 4.10. The zero-order valence-corrected chi connectivity index (χ0v) is 13.9. The molecule has 0 bridgehead atoms. The van der Waals surface area contributed by atoms with Gasteiger partial charge in [-0.15, -0.1) is 0 Å². The van der Waals surface area contributed by atoms with Crippen molar-refractivity contribution < 1.29 is 4.39 Å². The molecule has 0 amide bonds. The van der Waals surface area contributed by atoms with E-state index in [0.29, 0.717) is 12.0 Å². The average Bonchev–Trinajstić information content (AvgIpc) is 2.56. The average molecular weight is 343 g/mol. The fourth-order valence-corrected chi connectivity index (χ4v) is 3.51. The van der Waals surface area contributed by atoms with Crippen LogP contribution in [0.25, 0.3) is 0 Å². The Bertz CT molecular complexity index is 462. The number of benzene rings is 1. The van der Waals surface area contributed by atoms with Crippen LogP contribution in [0, 0.1) is 11.2 Å². The molecule has 1 aliphatic heterocycles. The largest absolute Gasteiger partial charge is 0.329 e. The van der Waals surface area contributed by atoms with Gasteiger partial charge in [-0.2, -0.15) is 0 Å². The van der Waals surface area contributed by atoms with Crippen LogP contribution in [0.15, 0.2) is 22.7 Å². The fourth-order valence-electron chi connectivity index (χ4n) is 3.00. The van der Waals surface area contributed by atoms with Gasteiger partial charge in [-0.1, -0.05) is 29.8 Å². The van der Waals surface area contributed by atoms with Crippen molar-refractivity contribution in [1.82, 2.24) is 4.90 Å². The topological polar surface area (TPSA) is 29.3 Å². The highest BCUT2D eigenvalue weighted by Gasteiger charge is 2.28. The Morgan fingerprint density at radius 2 is 2.10 bits per heavy atom. The Labute approximate surface area is 129 Å². The zero-order valence-electron chi connectivity index (χ0n) is 12.3. The standard InChI is InChI=1S/C16H24BrFN2/c1-16(2)6-3-8-20(9-7-16)15(11-19)13-10-12(18)4-5-14(13)17/h4-5,10,15H,3,6-9,11,19H2,1-2H3. The van der Waals surface area contributed by atoms with Gasteiger partial charge in [0.2, 0.25) is 0 Å². The molecule has 20 heavy (non-hydrogen) atoms. The van der Waals surface area contributed by atoms with E-state index >= 15 is 0 Å². The van der Waals surface area contributed by atoms with Crippen molar-refractivity contribution in [1.29, 1.82) is 0 Å². The van der Waals surface area contributed by atoms with Crippen molar-refractivity contribution in [3.8, 4) is 0 Å². The van der Waals surface area contributed by atoms with Gasteiger partial charge in [0.05, 0.1) is 0 Å². The molecule has 1 fully saturated rings. The van der Waals surface area contributed by atoms with E-state index in [1.54, 1.807) is 12.1 Å². The van der Waals surface area contributed by atoms with E-state index < -0.39 is 0 Å². The molecule has 0 spiro atoms. The van der Waals surface area contributed by atoms with Crippen molar-refractivity contribution in [2.24, 2.45) is 11.1 Å². The minimum absolute atomic E-state index is 0.0916. The number of rotatable bonds is 3. The number of nitrogens with two attached hydrogens (primary N) is 1. The van der Waals surface area contributed by atoms with Crippen LogP contribution in [-0.2, 0) is 0 Å². The van der Waals surface area contributed by atoms with Gasteiger partial charge in [0.1, 0.15) is 5.82 Å². The second kappa shape index (κ2) is 6.54. The third-order valence-corrected chi connectivity index (χ3v) is 5.08. The summed E-state index contributed by atoms with van der Waals surface area (Å²) in [5.74, 6) is -0.197. The summed E-state index contributed by atoms with van der Waals surface area (Å²) < 4.78 is 14.5. The molecule has 2 N–H and O–H groups in total. The number of nitrogens with zero attached hydrogens (tertiary/aromatic N) is 1. The molecule has 0 saturated carbocycles. The summed E-state index contributed by atoms with van der Waals surface area (Å²) in [5.41, 5.74) is 7.35. The molecule has 0 radical (unpaired) electrons. The Kier molecular flexibility index (Phi) is 5.21. The SMILES string of the molecule is CC1(C)CCCN(C(CN)c2cc(F)ccc2Br)CC1. The third kappa shape index (κ3) is 3.80. The minimum atomic E-state index is -0.197. The minimum Gasteiger partial charge on any atom is -0.329 e. The lowest BCUT2D eigenvalue weighted by molar-refractivity contribution is 0.199. The summed E-state index contributed by atoms with van der Waals surface area (Å²) in [6.07, 6.45) is 3.58. The first kappa shape index (κ1) is 15.9. The molecule has 112 valence electrons. The summed E-state index contributed by atoms with van der Waals surface area (Å²) in [7, 11) is 0. The molecule has 1 unspecified atom stereocenters. The van der Waals surface area contributed by atoms with Gasteiger partial charge in [0.25, 0.3) is 0 Å². The van der Waals surface area contributed by atoms with Crippen molar-refractivity contribution >= 4 is 15.9 Å². The summed E-state index contributed by atoms with van der Waals surface area (Å²) in [4.78, 5) is 2.41. The normalized spacial score (nSPS) is 21.4. The van der Waals surface area contributed by atoms with E-state index in [1.807, 2.05) is 0 Å². The smallest absolute Gasteiger partial charge is 0.123 e. The zero-order chi connectivity index (χ0) is 14.8. The first-order chi connectivity index (χ1) is 9.43. The van der Waals surface area contributed by atoms with Gasteiger partial charge in [0.15, 0.2) is 0 Å². The maximum absolute atomic E-state index is 13.5. The van der Waals surface area contributed by atoms with Crippen LogP contribution in [0.2, 0.25) is 0 Å². The molecule has 1 saturated heterocycles. The monoisotopic (exact) mass is 342 g/mol. The molecule has 2 nitrogen and oxygen atoms in total. The molecule has 1 aliphatic rings. The maximum Gasteiger partial charge on any atom is 0.123 e. The lowest BCUT2D eigenvalue weighted by Gasteiger charge is -2.31. The molecular weight excluding hydrogens is 319 g/mol. The Morgan fingerprint density at radius 1 is 1.35 bits per heavy atom. The quantitative estimate of drug-likeness (QED) is 0.895. The highest BCUT2D eigenvalue weighted by Crippen LogP contribution is 2.34. The summed E-state index contributed by atoms with van der Waals surface area (Å²) in [5, 5.41) is 0. The highest BCUT2D eigenvalue weighted by molar-refractivity contribution is 9.10. The highest BCUT2D eigenvalue weighted by atomic mass is 79.9. The number of hydrogen-bond acceptors (Lipinski definition) is 2. The molecule has 0 aromatic heterocycles. The van der Waals surface area contributed by atoms with Crippen molar-refractivity contribution in [2.45, 2.75) is 39.2 Å². The molecule has 2 rings (SSSR count). The van der Waals surface area contributed by atoms with Gasteiger partial charge >= 0.3 is 0 Å². The van der Waals surface area contributed by atoms with Gasteiger partial charge in [-0.05, 0) is 61.5 Å². The van der Waals surface area contributed by atoms with Gasteiger partial charge in [0, 0.05) is 17.1 Å². The maximum atomic E-state index is 13.5. The molecular formula is C16H24BrFN2. The third-order valence-electron chi connectivity index (χ3n) is 4.36. The summed E-state index contributed by atoms with van der Waals surface area (Å²) in [6, 6.07) is 4.95. The Morgan fingerprint density at radius 3 is 2.80 bits per heavy atom. The van der Waals surface area contributed by atoms with Gasteiger partial charge in [-0.3, -0.25) is 4.90 Å². The first-order valence-electron chi connectivity index (χ1n) is 7.32. The second-order valence-electron chi connectivity index (χ2n) is 6.47. The lowest BCUT2D eigenvalue weighted by Crippen LogP contribution is -2.35. The second-order valence-corrected chi connectivity index (χ2v) is 7.33. The molecule has 4 heteroatoms. The predicted molar refractivity (Wildman–Crippen MR) is 85.1 cm³/mol. The van der Waals surface area contributed by atoms with Crippen molar-refractivity contribution in [2.75, 3.05) is 19.6 Å². The molecule has 1 atom stereocenters. The van der Waals surface area contributed by atoms with Crippen LogP contribution in [-0.4, -0.2) is 24.5 Å². The fraction of sp³-hybridized carbons (Fsp3) is 0.625. The van der Waals surface area contributed by atoms with Crippen LogP contribution >= 0.6 is 15.9 Å².